The average Bonchev–Trinajstić information content (AvgIpc) is 2.38. The summed E-state index contributed by atoms with van der Waals surface area (Å²) in [6.07, 6.45) is 3.29. The molecule has 108 valence electrons. The van der Waals surface area contributed by atoms with Crippen LogP contribution >= 0.6 is 0 Å². The first-order valence-corrected chi connectivity index (χ1v) is 6.30. The quantitative estimate of drug-likeness (QED) is 0.714. The molecule has 0 unspecified atom stereocenters. The molecule has 2 amide bonds. The maximum Gasteiger partial charge on any atom is 0.239 e. The van der Waals surface area contributed by atoms with E-state index in [0.717, 1.165) is 5.56 Å². The number of anilines is 1. The number of carbonyl (C=O) groups is 2. The minimum absolute atomic E-state index is 0.122. The Morgan fingerprint density at radius 1 is 1.35 bits per heavy atom. The topological polar surface area (TPSA) is 74.3 Å². The monoisotopic (exact) mass is 276 g/mol. The van der Waals surface area contributed by atoms with Crippen LogP contribution in [0.25, 0.3) is 0 Å². The first-order chi connectivity index (χ1) is 9.51. The van der Waals surface area contributed by atoms with Gasteiger partial charge in [0.05, 0.1) is 13.1 Å². The summed E-state index contributed by atoms with van der Waals surface area (Å²) in [5.41, 5.74) is 1.03. The number of nitrogens with zero attached hydrogens (tertiary/aromatic N) is 2. The third-order valence-electron chi connectivity index (χ3n) is 2.45. The Bertz CT molecular complexity index is 471. The van der Waals surface area contributed by atoms with Crippen LogP contribution in [0, 0.1) is 6.92 Å². The third-order valence-corrected chi connectivity index (χ3v) is 2.45. The van der Waals surface area contributed by atoms with E-state index in [0.29, 0.717) is 12.4 Å². The minimum Gasteiger partial charge on any atom is -0.352 e. The predicted octanol–water partition coefficient (Wildman–Crippen LogP) is 0.563. The second kappa shape index (κ2) is 8.06. The lowest BCUT2D eigenvalue weighted by Crippen LogP contribution is -2.39. The Labute approximate surface area is 118 Å². The zero-order valence-electron chi connectivity index (χ0n) is 11.8. The molecule has 0 saturated carbocycles. The molecule has 1 aromatic rings. The van der Waals surface area contributed by atoms with Gasteiger partial charge in [-0.3, -0.25) is 14.5 Å². The molecular formula is C14H20N4O2. The van der Waals surface area contributed by atoms with Crippen LogP contribution in [0.2, 0.25) is 0 Å². The summed E-state index contributed by atoms with van der Waals surface area (Å²) in [4.78, 5) is 28.9. The molecule has 0 saturated heterocycles. The van der Waals surface area contributed by atoms with Gasteiger partial charge < -0.3 is 10.6 Å². The largest absolute Gasteiger partial charge is 0.352 e. The number of hydrogen-bond donors (Lipinski definition) is 2. The van der Waals surface area contributed by atoms with Gasteiger partial charge in [-0.15, -0.1) is 6.58 Å². The Morgan fingerprint density at radius 2 is 2.05 bits per heavy atom. The van der Waals surface area contributed by atoms with E-state index in [1.165, 1.54) is 0 Å². The molecule has 0 atom stereocenters. The summed E-state index contributed by atoms with van der Waals surface area (Å²) in [6.45, 7) is 6.14. The fourth-order valence-corrected chi connectivity index (χ4v) is 1.51. The van der Waals surface area contributed by atoms with Crippen molar-refractivity contribution in [3.8, 4) is 0 Å². The second-order valence-electron chi connectivity index (χ2n) is 4.53. The van der Waals surface area contributed by atoms with E-state index < -0.39 is 0 Å². The predicted molar refractivity (Wildman–Crippen MR) is 78.3 cm³/mol. The number of likely N-dealkylation sites (N-methyl/N-ethyl adjacent to an activating group) is 1. The van der Waals surface area contributed by atoms with Gasteiger partial charge in [0.25, 0.3) is 0 Å². The molecule has 1 heterocycles. The van der Waals surface area contributed by atoms with E-state index in [1.807, 2.05) is 13.0 Å². The van der Waals surface area contributed by atoms with E-state index in [2.05, 4.69) is 22.2 Å². The van der Waals surface area contributed by atoms with Crippen molar-refractivity contribution in [1.82, 2.24) is 15.2 Å². The molecule has 0 bridgehead atoms. The molecule has 0 radical (unpaired) electrons. The van der Waals surface area contributed by atoms with Crippen molar-refractivity contribution in [2.45, 2.75) is 6.92 Å². The fraction of sp³-hybridized carbons (Fsp3) is 0.357. The molecule has 2 N–H and O–H groups in total. The summed E-state index contributed by atoms with van der Waals surface area (Å²) in [6, 6.07) is 3.61. The van der Waals surface area contributed by atoms with Crippen molar-refractivity contribution in [2.75, 3.05) is 32.0 Å². The van der Waals surface area contributed by atoms with Gasteiger partial charge in [-0.05, 0) is 25.6 Å². The van der Waals surface area contributed by atoms with Gasteiger partial charge >= 0.3 is 0 Å². The second-order valence-corrected chi connectivity index (χ2v) is 4.53. The highest BCUT2D eigenvalue weighted by molar-refractivity contribution is 5.91. The van der Waals surface area contributed by atoms with Crippen molar-refractivity contribution in [1.29, 1.82) is 0 Å². The van der Waals surface area contributed by atoms with Gasteiger partial charge in [-0.1, -0.05) is 12.1 Å². The number of hydrogen-bond acceptors (Lipinski definition) is 4. The molecule has 0 aliphatic carbocycles. The smallest absolute Gasteiger partial charge is 0.239 e. The van der Waals surface area contributed by atoms with E-state index in [9.17, 15) is 9.59 Å². The Morgan fingerprint density at radius 3 is 2.65 bits per heavy atom. The first-order valence-electron chi connectivity index (χ1n) is 6.30. The summed E-state index contributed by atoms with van der Waals surface area (Å²) in [5, 5.41) is 5.33. The zero-order valence-corrected chi connectivity index (χ0v) is 11.8. The van der Waals surface area contributed by atoms with E-state index in [4.69, 9.17) is 0 Å². The third kappa shape index (κ3) is 6.10. The number of pyridine rings is 1. The molecule has 0 fully saturated rings. The van der Waals surface area contributed by atoms with Crippen LogP contribution in [0.3, 0.4) is 0 Å². The van der Waals surface area contributed by atoms with Crippen molar-refractivity contribution < 1.29 is 9.59 Å². The molecule has 6 nitrogen and oxygen atoms in total. The van der Waals surface area contributed by atoms with Gasteiger partial charge in [-0.2, -0.15) is 0 Å². The summed E-state index contributed by atoms with van der Waals surface area (Å²) < 4.78 is 0. The number of carbonyl (C=O) groups excluding carboxylic acids is 2. The lowest BCUT2D eigenvalue weighted by Gasteiger charge is -2.15. The van der Waals surface area contributed by atoms with E-state index >= 15 is 0 Å². The van der Waals surface area contributed by atoms with Gasteiger partial charge in [0.15, 0.2) is 0 Å². The minimum atomic E-state index is -0.208. The summed E-state index contributed by atoms with van der Waals surface area (Å²) in [5.74, 6) is 0.152. The molecule has 1 rings (SSSR count). The van der Waals surface area contributed by atoms with Crippen molar-refractivity contribution in [2.24, 2.45) is 0 Å². The van der Waals surface area contributed by atoms with Crippen LogP contribution in [0.5, 0.6) is 0 Å². The highest BCUT2D eigenvalue weighted by atomic mass is 16.2. The Kier molecular flexibility index (Phi) is 6.39. The Hall–Kier alpha value is -2.21. The van der Waals surface area contributed by atoms with Crippen molar-refractivity contribution in [3.05, 3.63) is 36.5 Å². The zero-order chi connectivity index (χ0) is 15.0. The summed E-state index contributed by atoms with van der Waals surface area (Å²) >= 11 is 0. The highest BCUT2D eigenvalue weighted by Gasteiger charge is 2.10. The van der Waals surface area contributed by atoms with Crippen LogP contribution in [0.4, 0.5) is 5.82 Å². The van der Waals surface area contributed by atoms with Gasteiger partial charge in [0, 0.05) is 12.7 Å². The molecule has 0 aromatic carbocycles. The lowest BCUT2D eigenvalue weighted by atomic mass is 10.3. The fourth-order valence-electron chi connectivity index (χ4n) is 1.51. The summed E-state index contributed by atoms with van der Waals surface area (Å²) in [7, 11) is 1.70. The van der Waals surface area contributed by atoms with Crippen LogP contribution in [-0.2, 0) is 9.59 Å². The maximum absolute atomic E-state index is 11.8. The molecule has 1 aromatic heterocycles. The lowest BCUT2D eigenvalue weighted by molar-refractivity contribution is -0.122. The average molecular weight is 276 g/mol. The molecule has 0 aliphatic rings. The number of rotatable bonds is 7. The Balaban J connectivity index is 2.36. The van der Waals surface area contributed by atoms with Crippen LogP contribution < -0.4 is 10.6 Å². The highest BCUT2D eigenvalue weighted by Crippen LogP contribution is 2.03. The molecule has 20 heavy (non-hydrogen) atoms. The van der Waals surface area contributed by atoms with Crippen molar-refractivity contribution in [3.63, 3.8) is 0 Å². The van der Waals surface area contributed by atoms with Crippen LogP contribution in [0.15, 0.2) is 31.0 Å². The molecule has 0 aliphatic heterocycles. The number of aryl methyl sites for hydroxylation is 1. The standard InChI is InChI=1S/C14H20N4O2/c1-4-7-15-13(19)9-18(3)10-14(20)17-12-6-5-11(2)8-16-12/h4-6,8H,1,7,9-10H2,2-3H3,(H,15,19)(H,16,17,20). The van der Waals surface area contributed by atoms with Gasteiger partial charge in [-0.25, -0.2) is 4.98 Å². The number of amides is 2. The van der Waals surface area contributed by atoms with Crippen LogP contribution in [-0.4, -0.2) is 48.4 Å². The first kappa shape index (κ1) is 15.8. The number of aromatic nitrogens is 1. The normalized spacial score (nSPS) is 10.2. The van der Waals surface area contributed by atoms with Gasteiger partial charge in [0.2, 0.25) is 11.8 Å². The van der Waals surface area contributed by atoms with Crippen LogP contribution in [0.1, 0.15) is 5.56 Å². The van der Waals surface area contributed by atoms with Crippen molar-refractivity contribution >= 4 is 17.6 Å². The van der Waals surface area contributed by atoms with Gasteiger partial charge in [0.1, 0.15) is 5.82 Å². The SMILES string of the molecule is C=CCNC(=O)CN(C)CC(=O)Nc1ccc(C)cn1. The van der Waals surface area contributed by atoms with E-state index in [1.54, 1.807) is 30.3 Å². The maximum atomic E-state index is 11.8. The molecular weight excluding hydrogens is 256 g/mol. The van der Waals surface area contributed by atoms with E-state index in [-0.39, 0.29) is 24.9 Å². The number of nitrogens with one attached hydrogen (secondary N) is 2. The molecule has 0 spiro atoms. The molecule has 6 heteroatoms.